The van der Waals surface area contributed by atoms with Crippen LogP contribution in [0.4, 0.5) is 0 Å². The van der Waals surface area contributed by atoms with Crippen molar-refractivity contribution in [2.45, 2.75) is 64.1 Å². The van der Waals surface area contributed by atoms with Crippen LogP contribution in [0.5, 0.6) is 0 Å². The molecule has 9 heteroatoms. The Labute approximate surface area is 208 Å². The fourth-order valence-corrected chi connectivity index (χ4v) is 4.92. The van der Waals surface area contributed by atoms with Gasteiger partial charge in [0.25, 0.3) is 11.5 Å². The van der Waals surface area contributed by atoms with E-state index in [-0.39, 0.29) is 23.3 Å². The number of benzene rings is 1. The molecule has 6 rings (SSSR count). The molecule has 3 aromatic heterocycles. The number of aryl methyl sites for hydroxylation is 1. The van der Waals surface area contributed by atoms with Gasteiger partial charge >= 0.3 is 0 Å². The largest absolute Gasteiger partial charge is 0.340 e. The van der Waals surface area contributed by atoms with E-state index in [0.717, 1.165) is 42.3 Å². The highest BCUT2D eigenvalue weighted by atomic mass is 16.2. The van der Waals surface area contributed by atoms with Crippen LogP contribution >= 0.6 is 0 Å². The van der Waals surface area contributed by atoms with Crippen LogP contribution in [0.1, 0.15) is 68.2 Å². The number of hydrogen-bond acceptors (Lipinski definition) is 6. The molecule has 1 amide bonds. The first kappa shape index (κ1) is 22.6. The van der Waals surface area contributed by atoms with E-state index in [2.05, 4.69) is 39.2 Å². The lowest BCUT2D eigenvalue weighted by Gasteiger charge is -2.18. The third-order valence-electron chi connectivity index (χ3n) is 7.47. The van der Waals surface area contributed by atoms with E-state index < -0.39 is 5.54 Å². The molecule has 0 radical (unpaired) electrons. The van der Waals surface area contributed by atoms with Crippen molar-refractivity contribution in [1.82, 2.24) is 34.6 Å². The third-order valence-corrected chi connectivity index (χ3v) is 7.47. The summed E-state index contributed by atoms with van der Waals surface area (Å²) in [4.78, 5) is 39.3. The van der Waals surface area contributed by atoms with Crippen LogP contribution in [0.25, 0.3) is 22.2 Å². The predicted molar refractivity (Wildman–Crippen MR) is 135 cm³/mol. The molecule has 2 aliphatic rings. The van der Waals surface area contributed by atoms with Crippen molar-refractivity contribution >= 4 is 16.9 Å². The fourth-order valence-electron chi connectivity index (χ4n) is 4.92. The number of rotatable bonds is 8. The van der Waals surface area contributed by atoms with Gasteiger partial charge in [-0.25, -0.2) is 19.6 Å². The lowest BCUT2D eigenvalue weighted by atomic mass is 10.0. The lowest BCUT2D eigenvalue weighted by Crippen LogP contribution is -2.36. The SMILES string of the molecule is CCCn1ncc2cnc(C(=O)NC3(c4ccc(-c5cncn(C(C)C6CC6)c5=O)cc4)CC3)nc21. The number of amides is 1. The van der Waals surface area contributed by atoms with Gasteiger partial charge in [0.2, 0.25) is 5.82 Å². The molecule has 9 nitrogen and oxygen atoms in total. The summed E-state index contributed by atoms with van der Waals surface area (Å²) in [6.07, 6.45) is 11.6. The second-order valence-electron chi connectivity index (χ2n) is 10.1. The Morgan fingerprint density at radius 2 is 1.94 bits per heavy atom. The maximum atomic E-state index is 13.1. The Balaban J connectivity index is 1.22. The van der Waals surface area contributed by atoms with Crippen LogP contribution in [-0.4, -0.2) is 35.2 Å². The van der Waals surface area contributed by atoms with Gasteiger partial charge < -0.3 is 5.32 Å². The third kappa shape index (κ3) is 3.98. The molecular formula is C27H29N7O2. The first-order valence-electron chi connectivity index (χ1n) is 12.7. The summed E-state index contributed by atoms with van der Waals surface area (Å²) < 4.78 is 3.56. The molecule has 1 aromatic carbocycles. The van der Waals surface area contributed by atoms with Gasteiger partial charge in [0.1, 0.15) is 0 Å². The van der Waals surface area contributed by atoms with Gasteiger partial charge in [-0.3, -0.25) is 14.2 Å². The van der Waals surface area contributed by atoms with Gasteiger partial charge in [-0.1, -0.05) is 31.2 Å². The number of carbonyl (C=O) groups excluding carboxylic acids is 1. The minimum atomic E-state index is -0.437. The highest BCUT2D eigenvalue weighted by Gasteiger charge is 2.46. The van der Waals surface area contributed by atoms with Crippen LogP contribution in [-0.2, 0) is 12.1 Å². The van der Waals surface area contributed by atoms with Gasteiger partial charge in [-0.05, 0) is 56.1 Å². The molecule has 3 heterocycles. The summed E-state index contributed by atoms with van der Waals surface area (Å²) in [5.74, 6) is 0.410. The van der Waals surface area contributed by atoms with Crippen LogP contribution in [0.2, 0.25) is 0 Å². The molecular weight excluding hydrogens is 454 g/mol. The minimum Gasteiger partial charge on any atom is -0.340 e. The quantitative estimate of drug-likeness (QED) is 0.408. The molecule has 0 aliphatic heterocycles. The number of carbonyl (C=O) groups is 1. The summed E-state index contributed by atoms with van der Waals surface area (Å²) in [5.41, 5.74) is 2.65. The summed E-state index contributed by atoms with van der Waals surface area (Å²) in [5, 5.41) is 8.31. The Bertz CT molecular complexity index is 1500. The Morgan fingerprint density at radius 3 is 2.64 bits per heavy atom. The highest BCUT2D eigenvalue weighted by Crippen LogP contribution is 2.46. The topological polar surface area (TPSA) is 108 Å². The van der Waals surface area contributed by atoms with E-state index in [1.807, 2.05) is 24.3 Å². The predicted octanol–water partition coefficient (Wildman–Crippen LogP) is 3.85. The standard InChI is InChI=1S/C27H29N7O2/c1-3-12-34-24-20(14-30-34)13-29-23(31-24)25(35)32-27(10-11-27)21-8-6-19(7-9-21)22-15-28-16-33(26(22)36)17(2)18-4-5-18/h6-9,13-18H,3-5,10-12H2,1-2H3,(H,32,35). The van der Waals surface area contributed by atoms with Crippen LogP contribution < -0.4 is 10.9 Å². The van der Waals surface area contributed by atoms with E-state index in [9.17, 15) is 9.59 Å². The molecule has 0 spiro atoms. The molecule has 1 unspecified atom stereocenters. The zero-order valence-corrected chi connectivity index (χ0v) is 20.5. The maximum absolute atomic E-state index is 13.1. The van der Waals surface area contributed by atoms with E-state index >= 15 is 0 Å². The van der Waals surface area contributed by atoms with E-state index in [4.69, 9.17) is 0 Å². The van der Waals surface area contributed by atoms with E-state index in [1.54, 1.807) is 34.2 Å². The van der Waals surface area contributed by atoms with Crippen molar-refractivity contribution in [3.8, 4) is 11.1 Å². The highest BCUT2D eigenvalue weighted by molar-refractivity contribution is 5.93. The number of hydrogen-bond donors (Lipinski definition) is 1. The van der Waals surface area contributed by atoms with Crippen molar-refractivity contribution in [1.29, 1.82) is 0 Å². The molecule has 1 atom stereocenters. The summed E-state index contributed by atoms with van der Waals surface area (Å²) >= 11 is 0. The average Bonchev–Trinajstić information content (AvgIpc) is 3.83. The number of fused-ring (bicyclic) bond motifs is 1. The second-order valence-corrected chi connectivity index (χ2v) is 10.1. The zero-order chi connectivity index (χ0) is 24.9. The number of nitrogens with zero attached hydrogens (tertiary/aromatic N) is 6. The van der Waals surface area contributed by atoms with Crippen molar-refractivity contribution in [2.75, 3.05) is 0 Å². The molecule has 2 aliphatic carbocycles. The average molecular weight is 484 g/mol. The zero-order valence-electron chi connectivity index (χ0n) is 20.5. The van der Waals surface area contributed by atoms with Gasteiger partial charge in [0, 0.05) is 25.0 Å². The molecule has 2 fully saturated rings. The molecule has 184 valence electrons. The van der Waals surface area contributed by atoms with E-state index in [0.29, 0.717) is 17.1 Å². The minimum absolute atomic E-state index is 0.0126. The monoisotopic (exact) mass is 483 g/mol. The van der Waals surface area contributed by atoms with Crippen molar-refractivity contribution < 1.29 is 4.79 Å². The smallest absolute Gasteiger partial charge is 0.289 e. The van der Waals surface area contributed by atoms with Crippen LogP contribution in [0.15, 0.2) is 54.0 Å². The van der Waals surface area contributed by atoms with Gasteiger partial charge in [-0.2, -0.15) is 5.10 Å². The summed E-state index contributed by atoms with van der Waals surface area (Å²) in [6, 6.07) is 8.03. The maximum Gasteiger partial charge on any atom is 0.289 e. The van der Waals surface area contributed by atoms with Crippen LogP contribution in [0, 0.1) is 5.92 Å². The van der Waals surface area contributed by atoms with E-state index in [1.165, 1.54) is 12.8 Å². The Kier molecular flexibility index (Phi) is 5.43. The Morgan fingerprint density at radius 1 is 1.17 bits per heavy atom. The first-order valence-corrected chi connectivity index (χ1v) is 12.7. The lowest BCUT2D eigenvalue weighted by molar-refractivity contribution is 0.0920. The molecule has 0 saturated heterocycles. The molecule has 4 aromatic rings. The van der Waals surface area contributed by atoms with Crippen molar-refractivity contribution in [2.24, 2.45) is 5.92 Å². The Hall–Kier alpha value is -3.88. The fraction of sp³-hybridized carbons (Fsp3) is 0.407. The van der Waals surface area contributed by atoms with Crippen LogP contribution in [0.3, 0.4) is 0 Å². The molecule has 36 heavy (non-hydrogen) atoms. The molecule has 0 bridgehead atoms. The molecule has 1 N–H and O–H groups in total. The normalized spacial score (nSPS) is 17.2. The summed E-state index contributed by atoms with van der Waals surface area (Å²) in [7, 11) is 0. The first-order chi connectivity index (χ1) is 17.5. The van der Waals surface area contributed by atoms with Gasteiger partial charge in [-0.15, -0.1) is 0 Å². The number of nitrogens with one attached hydrogen (secondary N) is 1. The van der Waals surface area contributed by atoms with Gasteiger partial charge in [0.05, 0.1) is 29.0 Å². The molecule has 2 saturated carbocycles. The number of aromatic nitrogens is 6. The van der Waals surface area contributed by atoms with Gasteiger partial charge in [0.15, 0.2) is 5.65 Å². The second kappa shape index (κ2) is 8.65. The van der Waals surface area contributed by atoms with Crippen molar-refractivity contribution in [3.05, 3.63) is 70.9 Å². The van der Waals surface area contributed by atoms with Crippen molar-refractivity contribution in [3.63, 3.8) is 0 Å². The summed E-state index contributed by atoms with van der Waals surface area (Å²) in [6.45, 7) is 4.90.